The number of halogens is 1. The normalized spacial score (nSPS) is 16.6. The van der Waals surface area contributed by atoms with Crippen LogP contribution in [0.5, 0.6) is 0 Å². The van der Waals surface area contributed by atoms with E-state index < -0.39 is 10.0 Å². The number of sulfonamides is 1. The van der Waals surface area contributed by atoms with E-state index in [9.17, 15) is 8.42 Å². The average Bonchev–Trinajstić information content (AvgIpc) is 3.30. The van der Waals surface area contributed by atoms with E-state index in [0.29, 0.717) is 10.9 Å². The minimum Gasteiger partial charge on any atom is -0.264 e. The van der Waals surface area contributed by atoms with E-state index in [1.807, 2.05) is 12.1 Å². The zero-order valence-electron chi connectivity index (χ0n) is 11.2. The van der Waals surface area contributed by atoms with Gasteiger partial charge >= 0.3 is 0 Å². The Labute approximate surface area is 129 Å². The van der Waals surface area contributed by atoms with E-state index in [1.165, 1.54) is 6.07 Å². The van der Waals surface area contributed by atoms with Crippen molar-refractivity contribution in [3.8, 4) is 0 Å². The SMILES string of the molecule is O=S(=O)(NC(c1cccnc1)C1CC1)c1cccc(Cl)c1. The number of aromatic nitrogens is 1. The average molecular weight is 323 g/mol. The summed E-state index contributed by atoms with van der Waals surface area (Å²) in [6.45, 7) is 0. The highest BCUT2D eigenvalue weighted by Crippen LogP contribution is 2.41. The summed E-state index contributed by atoms with van der Waals surface area (Å²) in [7, 11) is -3.60. The Kier molecular flexibility index (Phi) is 3.97. The molecule has 3 rings (SSSR count). The molecule has 1 heterocycles. The van der Waals surface area contributed by atoms with E-state index in [-0.39, 0.29) is 10.9 Å². The molecule has 0 radical (unpaired) electrons. The van der Waals surface area contributed by atoms with Gasteiger partial charge in [-0.05, 0) is 48.6 Å². The van der Waals surface area contributed by atoms with Crippen LogP contribution in [-0.4, -0.2) is 13.4 Å². The van der Waals surface area contributed by atoms with Crippen molar-refractivity contribution in [2.45, 2.75) is 23.8 Å². The molecule has 0 spiro atoms. The summed E-state index contributed by atoms with van der Waals surface area (Å²) in [4.78, 5) is 4.26. The van der Waals surface area contributed by atoms with Gasteiger partial charge in [-0.25, -0.2) is 13.1 Å². The molecule has 1 fully saturated rings. The highest BCUT2D eigenvalue weighted by Gasteiger charge is 2.35. The van der Waals surface area contributed by atoms with Crippen molar-refractivity contribution >= 4 is 21.6 Å². The number of hydrogen-bond donors (Lipinski definition) is 1. The van der Waals surface area contributed by atoms with Crippen LogP contribution in [0.25, 0.3) is 0 Å². The Morgan fingerprint density at radius 2 is 2.05 bits per heavy atom. The first kappa shape index (κ1) is 14.5. The first-order chi connectivity index (χ1) is 10.1. The Morgan fingerprint density at radius 3 is 2.67 bits per heavy atom. The van der Waals surface area contributed by atoms with Crippen LogP contribution >= 0.6 is 11.6 Å². The zero-order valence-corrected chi connectivity index (χ0v) is 12.8. The Hall–Kier alpha value is -1.43. The Balaban J connectivity index is 1.89. The van der Waals surface area contributed by atoms with Crippen molar-refractivity contribution in [2.75, 3.05) is 0 Å². The number of hydrogen-bond acceptors (Lipinski definition) is 3. The van der Waals surface area contributed by atoms with Gasteiger partial charge in [0.1, 0.15) is 0 Å². The van der Waals surface area contributed by atoms with Crippen LogP contribution in [0.3, 0.4) is 0 Å². The van der Waals surface area contributed by atoms with Crippen LogP contribution in [0.2, 0.25) is 5.02 Å². The van der Waals surface area contributed by atoms with Gasteiger partial charge < -0.3 is 0 Å². The van der Waals surface area contributed by atoms with E-state index in [2.05, 4.69) is 9.71 Å². The standard InChI is InChI=1S/C15H15ClN2O2S/c16-13-4-1-5-14(9-13)21(19,20)18-15(11-6-7-11)12-3-2-8-17-10-12/h1-5,8-11,15,18H,6-7H2. The van der Waals surface area contributed by atoms with Crippen LogP contribution in [0.1, 0.15) is 24.4 Å². The fraction of sp³-hybridized carbons (Fsp3) is 0.267. The van der Waals surface area contributed by atoms with Crippen LogP contribution < -0.4 is 4.72 Å². The molecule has 6 heteroatoms. The largest absolute Gasteiger partial charge is 0.264 e. The van der Waals surface area contributed by atoms with Crippen molar-refractivity contribution in [3.63, 3.8) is 0 Å². The number of pyridine rings is 1. The number of rotatable bonds is 5. The monoisotopic (exact) mass is 322 g/mol. The molecule has 1 atom stereocenters. The lowest BCUT2D eigenvalue weighted by Gasteiger charge is -2.18. The summed E-state index contributed by atoms with van der Waals surface area (Å²) < 4.78 is 27.8. The molecule has 0 aliphatic heterocycles. The van der Waals surface area contributed by atoms with Gasteiger partial charge in [0.2, 0.25) is 10.0 Å². The molecule has 0 bridgehead atoms. The molecular formula is C15H15ClN2O2S. The molecule has 1 aliphatic rings. The third kappa shape index (κ3) is 3.43. The number of nitrogens with zero attached hydrogens (tertiary/aromatic N) is 1. The molecule has 1 aromatic carbocycles. The second-order valence-electron chi connectivity index (χ2n) is 5.18. The van der Waals surface area contributed by atoms with Gasteiger partial charge in [0.25, 0.3) is 0 Å². The van der Waals surface area contributed by atoms with Gasteiger partial charge in [-0.2, -0.15) is 0 Å². The zero-order chi connectivity index (χ0) is 14.9. The molecule has 1 N–H and O–H groups in total. The lowest BCUT2D eigenvalue weighted by molar-refractivity contribution is 0.528. The summed E-state index contributed by atoms with van der Waals surface area (Å²) in [6, 6.07) is 9.77. The predicted molar refractivity (Wildman–Crippen MR) is 81.5 cm³/mol. The van der Waals surface area contributed by atoms with Gasteiger partial charge in [0.05, 0.1) is 10.9 Å². The number of benzene rings is 1. The van der Waals surface area contributed by atoms with E-state index in [0.717, 1.165) is 18.4 Å². The minimum absolute atomic E-state index is 0.185. The summed E-state index contributed by atoms with van der Waals surface area (Å²) in [6.07, 6.45) is 5.44. The quantitative estimate of drug-likeness (QED) is 0.919. The molecule has 110 valence electrons. The minimum atomic E-state index is -3.60. The molecular weight excluding hydrogens is 308 g/mol. The topological polar surface area (TPSA) is 59.1 Å². The first-order valence-corrected chi connectivity index (χ1v) is 8.60. The fourth-order valence-corrected chi connectivity index (χ4v) is 3.89. The maximum Gasteiger partial charge on any atom is 0.241 e. The fourth-order valence-electron chi connectivity index (χ4n) is 2.30. The Morgan fingerprint density at radius 1 is 1.24 bits per heavy atom. The van der Waals surface area contributed by atoms with Gasteiger partial charge in [0.15, 0.2) is 0 Å². The molecule has 1 saturated carbocycles. The van der Waals surface area contributed by atoms with Gasteiger partial charge in [-0.15, -0.1) is 0 Å². The van der Waals surface area contributed by atoms with Gasteiger partial charge in [-0.3, -0.25) is 4.98 Å². The molecule has 0 amide bonds. The second-order valence-corrected chi connectivity index (χ2v) is 7.33. The Bertz CT molecular complexity index is 730. The smallest absolute Gasteiger partial charge is 0.241 e. The van der Waals surface area contributed by atoms with Gasteiger partial charge in [-0.1, -0.05) is 23.7 Å². The van der Waals surface area contributed by atoms with Crippen molar-refractivity contribution in [1.82, 2.24) is 9.71 Å². The first-order valence-electron chi connectivity index (χ1n) is 6.74. The highest BCUT2D eigenvalue weighted by molar-refractivity contribution is 7.89. The lowest BCUT2D eigenvalue weighted by atomic mass is 10.1. The molecule has 0 saturated heterocycles. The summed E-state index contributed by atoms with van der Waals surface area (Å²) in [5.41, 5.74) is 0.894. The maximum absolute atomic E-state index is 12.5. The lowest BCUT2D eigenvalue weighted by Crippen LogP contribution is -2.30. The summed E-state index contributed by atoms with van der Waals surface area (Å²) >= 11 is 5.88. The van der Waals surface area contributed by atoms with Crippen LogP contribution in [0.15, 0.2) is 53.7 Å². The van der Waals surface area contributed by atoms with E-state index in [4.69, 9.17) is 11.6 Å². The van der Waals surface area contributed by atoms with Crippen molar-refractivity contribution in [1.29, 1.82) is 0 Å². The molecule has 2 aromatic rings. The third-order valence-corrected chi connectivity index (χ3v) is 5.20. The van der Waals surface area contributed by atoms with Gasteiger partial charge in [0, 0.05) is 17.4 Å². The highest BCUT2D eigenvalue weighted by atomic mass is 35.5. The van der Waals surface area contributed by atoms with Crippen LogP contribution in [0, 0.1) is 5.92 Å². The van der Waals surface area contributed by atoms with Crippen LogP contribution in [0.4, 0.5) is 0 Å². The molecule has 1 aliphatic carbocycles. The predicted octanol–water partition coefficient (Wildman–Crippen LogP) is 3.16. The van der Waals surface area contributed by atoms with E-state index in [1.54, 1.807) is 30.6 Å². The second kappa shape index (κ2) is 5.75. The molecule has 4 nitrogen and oxygen atoms in total. The van der Waals surface area contributed by atoms with Crippen molar-refractivity contribution in [2.24, 2.45) is 5.92 Å². The van der Waals surface area contributed by atoms with Crippen molar-refractivity contribution < 1.29 is 8.42 Å². The molecule has 1 unspecified atom stereocenters. The molecule has 21 heavy (non-hydrogen) atoms. The number of nitrogens with one attached hydrogen (secondary N) is 1. The molecule has 1 aromatic heterocycles. The van der Waals surface area contributed by atoms with Crippen molar-refractivity contribution in [3.05, 3.63) is 59.4 Å². The third-order valence-electron chi connectivity index (χ3n) is 3.53. The maximum atomic E-state index is 12.5. The van der Waals surface area contributed by atoms with Crippen LogP contribution in [-0.2, 0) is 10.0 Å². The van der Waals surface area contributed by atoms with E-state index >= 15 is 0 Å². The summed E-state index contributed by atoms with van der Waals surface area (Å²) in [5.74, 6) is 0.336. The summed E-state index contributed by atoms with van der Waals surface area (Å²) in [5, 5.41) is 0.405.